The van der Waals surface area contributed by atoms with Crippen LogP contribution in [-0.2, 0) is 0 Å². The monoisotopic (exact) mass is 391 g/mol. The van der Waals surface area contributed by atoms with E-state index in [2.05, 4.69) is 31.9 Å². The van der Waals surface area contributed by atoms with Crippen LogP contribution in [0.25, 0.3) is 0 Å². The molecule has 0 saturated carbocycles. The zero-order chi connectivity index (χ0) is 13.8. The lowest BCUT2D eigenvalue weighted by molar-refractivity contribution is 0.0697. The highest BCUT2D eigenvalue weighted by molar-refractivity contribution is 9.10. The zero-order valence-electron chi connectivity index (χ0n) is 10.5. The second-order valence-electron chi connectivity index (χ2n) is 4.76. The van der Waals surface area contributed by atoms with Crippen molar-refractivity contribution in [1.82, 2.24) is 4.90 Å². The second-order valence-corrected chi connectivity index (χ2v) is 6.26. The highest BCUT2D eigenvalue weighted by Gasteiger charge is 2.27. The van der Waals surface area contributed by atoms with Crippen molar-refractivity contribution in [1.29, 1.82) is 0 Å². The number of carbonyl (C=O) groups is 1. The lowest BCUT2D eigenvalue weighted by Crippen LogP contribution is -2.41. The van der Waals surface area contributed by atoms with Crippen molar-refractivity contribution in [2.45, 2.75) is 31.7 Å². The fraction of sp³-hybridized carbons (Fsp3) is 0.500. The highest BCUT2D eigenvalue weighted by Crippen LogP contribution is 2.24. The predicted molar refractivity (Wildman–Crippen MR) is 81.2 cm³/mol. The molecule has 0 aromatic heterocycles. The first-order chi connectivity index (χ1) is 9.15. The Balaban J connectivity index is 2.28. The number of carbonyl (C=O) groups excluding carboxylic acids is 1. The molecule has 0 aliphatic carbocycles. The number of hydrogen-bond donors (Lipinski definition) is 0. The number of benzene rings is 1. The summed E-state index contributed by atoms with van der Waals surface area (Å²) in [6, 6.07) is 5.02. The Morgan fingerprint density at radius 3 is 2.89 bits per heavy atom. The number of likely N-dealkylation sites (tertiary alicyclic amines) is 1. The maximum Gasteiger partial charge on any atom is 0.257 e. The molecule has 19 heavy (non-hydrogen) atoms. The maximum atomic E-state index is 14.0. The molecule has 2 rings (SSSR count). The van der Waals surface area contributed by atoms with Crippen LogP contribution >= 0.6 is 31.9 Å². The minimum Gasteiger partial charge on any atom is -0.335 e. The molecule has 1 amide bonds. The fourth-order valence-electron chi connectivity index (χ4n) is 2.43. The molecule has 0 bridgehead atoms. The van der Waals surface area contributed by atoms with Crippen LogP contribution in [0.5, 0.6) is 0 Å². The third-order valence-electron chi connectivity index (χ3n) is 3.50. The normalized spacial score (nSPS) is 20.2. The van der Waals surface area contributed by atoms with Gasteiger partial charge >= 0.3 is 0 Å². The predicted octanol–water partition coefficient (Wildman–Crippen LogP) is 4.37. The van der Waals surface area contributed by atoms with Crippen LogP contribution in [0.1, 0.15) is 36.0 Å². The van der Waals surface area contributed by atoms with E-state index in [1.54, 1.807) is 18.2 Å². The fourth-order valence-corrected chi connectivity index (χ4v) is 3.47. The molecule has 5 heteroatoms. The summed E-state index contributed by atoms with van der Waals surface area (Å²) < 4.78 is 14.4. The minimum absolute atomic E-state index is 0.155. The Morgan fingerprint density at radius 2 is 2.16 bits per heavy atom. The smallest absolute Gasteiger partial charge is 0.257 e. The van der Waals surface area contributed by atoms with Crippen molar-refractivity contribution in [2.75, 3.05) is 11.9 Å². The van der Waals surface area contributed by atoms with Crippen LogP contribution in [0, 0.1) is 5.82 Å². The average Bonchev–Trinajstić information content (AvgIpc) is 2.66. The van der Waals surface area contributed by atoms with Crippen molar-refractivity contribution in [3.63, 3.8) is 0 Å². The molecule has 104 valence electrons. The topological polar surface area (TPSA) is 20.3 Å². The Hall–Kier alpha value is -0.420. The SMILES string of the molecule is O=C(c1cccc(Br)c1F)N1CCCCCC1CBr. The number of rotatable bonds is 2. The Kier molecular flexibility index (Phi) is 5.39. The van der Waals surface area contributed by atoms with Gasteiger partial charge < -0.3 is 4.90 Å². The molecule has 1 unspecified atom stereocenters. The van der Waals surface area contributed by atoms with E-state index in [1.165, 1.54) is 0 Å². The first-order valence-corrected chi connectivity index (χ1v) is 8.37. The third kappa shape index (κ3) is 3.37. The number of halogens is 3. The molecule has 0 radical (unpaired) electrons. The van der Waals surface area contributed by atoms with Gasteiger partial charge in [-0.05, 0) is 40.9 Å². The molecular formula is C14H16Br2FNO. The van der Waals surface area contributed by atoms with Gasteiger partial charge in [-0.25, -0.2) is 4.39 Å². The van der Waals surface area contributed by atoms with Crippen molar-refractivity contribution in [3.05, 3.63) is 34.1 Å². The Labute approximate surface area is 129 Å². The number of amides is 1. The van der Waals surface area contributed by atoms with Gasteiger partial charge in [-0.2, -0.15) is 0 Å². The van der Waals surface area contributed by atoms with Gasteiger partial charge in [0.05, 0.1) is 10.0 Å². The van der Waals surface area contributed by atoms with Gasteiger partial charge in [0.25, 0.3) is 5.91 Å². The zero-order valence-corrected chi connectivity index (χ0v) is 13.7. The summed E-state index contributed by atoms with van der Waals surface area (Å²) in [6.07, 6.45) is 4.23. The van der Waals surface area contributed by atoms with E-state index in [1.807, 2.05) is 4.90 Å². The molecule has 1 aliphatic rings. The van der Waals surface area contributed by atoms with E-state index in [0.717, 1.165) is 31.0 Å². The molecule has 0 spiro atoms. The molecule has 1 saturated heterocycles. The first kappa shape index (κ1) is 15.0. The molecule has 1 fully saturated rings. The summed E-state index contributed by atoms with van der Waals surface area (Å²) in [7, 11) is 0. The van der Waals surface area contributed by atoms with Gasteiger partial charge in [-0.1, -0.05) is 34.8 Å². The summed E-state index contributed by atoms with van der Waals surface area (Å²) in [4.78, 5) is 14.4. The van der Waals surface area contributed by atoms with Gasteiger partial charge in [-0.3, -0.25) is 4.79 Å². The lowest BCUT2D eigenvalue weighted by Gasteiger charge is -2.29. The lowest BCUT2D eigenvalue weighted by atomic mass is 10.1. The quantitative estimate of drug-likeness (QED) is 0.684. The molecule has 1 atom stereocenters. The molecule has 1 heterocycles. The van der Waals surface area contributed by atoms with Crippen LogP contribution in [0.4, 0.5) is 4.39 Å². The molecule has 0 N–H and O–H groups in total. The van der Waals surface area contributed by atoms with Crippen LogP contribution in [0.2, 0.25) is 0 Å². The van der Waals surface area contributed by atoms with Gasteiger partial charge in [0.2, 0.25) is 0 Å². The molecule has 1 aromatic rings. The minimum atomic E-state index is -0.468. The molecule has 1 aromatic carbocycles. The Morgan fingerprint density at radius 1 is 1.37 bits per heavy atom. The number of hydrogen-bond acceptors (Lipinski definition) is 1. The summed E-state index contributed by atoms with van der Waals surface area (Å²) in [5.41, 5.74) is 0.155. The van der Waals surface area contributed by atoms with Crippen molar-refractivity contribution in [3.8, 4) is 0 Å². The third-order valence-corrected chi connectivity index (χ3v) is 4.86. The largest absolute Gasteiger partial charge is 0.335 e. The van der Waals surface area contributed by atoms with E-state index in [0.29, 0.717) is 11.0 Å². The summed E-state index contributed by atoms with van der Waals surface area (Å²) in [5, 5.41) is 0.744. The molecule has 1 aliphatic heterocycles. The van der Waals surface area contributed by atoms with E-state index in [-0.39, 0.29) is 17.5 Å². The second kappa shape index (κ2) is 6.84. The summed E-state index contributed by atoms with van der Waals surface area (Å²) >= 11 is 6.59. The Bertz CT molecular complexity index is 467. The van der Waals surface area contributed by atoms with Crippen molar-refractivity contribution >= 4 is 37.8 Å². The van der Waals surface area contributed by atoms with Crippen molar-refractivity contribution in [2.24, 2.45) is 0 Å². The van der Waals surface area contributed by atoms with E-state index >= 15 is 0 Å². The van der Waals surface area contributed by atoms with E-state index in [4.69, 9.17) is 0 Å². The highest BCUT2D eigenvalue weighted by atomic mass is 79.9. The van der Waals surface area contributed by atoms with Crippen LogP contribution in [0.3, 0.4) is 0 Å². The summed E-state index contributed by atoms with van der Waals surface area (Å²) in [5.74, 6) is -0.671. The van der Waals surface area contributed by atoms with Gasteiger partial charge in [-0.15, -0.1) is 0 Å². The van der Waals surface area contributed by atoms with Crippen LogP contribution in [-0.4, -0.2) is 28.7 Å². The van der Waals surface area contributed by atoms with Gasteiger partial charge in [0.1, 0.15) is 5.82 Å². The summed E-state index contributed by atoms with van der Waals surface area (Å²) in [6.45, 7) is 0.709. The van der Waals surface area contributed by atoms with E-state index in [9.17, 15) is 9.18 Å². The van der Waals surface area contributed by atoms with E-state index < -0.39 is 5.82 Å². The molecular weight excluding hydrogens is 377 g/mol. The average molecular weight is 393 g/mol. The maximum absolute atomic E-state index is 14.0. The number of nitrogens with zero attached hydrogens (tertiary/aromatic N) is 1. The van der Waals surface area contributed by atoms with Crippen LogP contribution < -0.4 is 0 Å². The number of alkyl halides is 1. The van der Waals surface area contributed by atoms with Gasteiger partial charge in [0.15, 0.2) is 0 Å². The standard InChI is InChI=1S/C14H16Br2FNO/c15-9-10-5-2-1-3-8-18(10)14(19)11-6-4-7-12(16)13(11)17/h4,6-7,10H,1-3,5,8-9H2. The van der Waals surface area contributed by atoms with Crippen molar-refractivity contribution < 1.29 is 9.18 Å². The molecule has 2 nitrogen and oxygen atoms in total. The first-order valence-electron chi connectivity index (χ1n) is 6.46. The van der Waals surface area contributed by atoms with Gasteiger partial charge in [0, 0.05) is 17.9 Å². The van der Waals surface area contributed by atoms with Crippen LogP contribution in [0.15, 0.2) is 22.7 Å².